The summed E-state index contributed by atoms with van der Waals surface area (Å²) in [4.78, 5) is 89.9. The van der Waals surface area contributed by atoms with E-state index in [-0.39, 0.29) is 67.4 Å². The van der Waals surface area contributed by atoms with Crippen molar-refractivity contribution in [3.05, 3.63) is 118 Å². The molecule has 3 aromatic carbocycles. The molecule has 3 aliphatic rings. The van der Waals surface area contributed by atoms with Gasteiger partial charge < -0.3 is 46.1 Å². The van der Waals surface area contributed by atoms with Crippen molar-refractivity contribution < 1.29 is 33.2 Å². The van der Waals surface area contributed by atoms with Crippen LogP contribution in [0.3, 0.4) is 0 Å². The van der Waals surface area contributed by atoms with Gasteiger partial charge in [0.05, 0.1) is 18.1 Å². The molecular formula is C56H76N10O7. The van der Waals surface area contributed by atoms with Gasteiger partial charge in [0, 0.05) is 38.8 Å². The molecule has 1 fully saturated rings. The number of amides is 6. The van der Waals surface area contributed by atoms with E-state index < -0.39 is 64.9 Å². The number of benzene rings is 3. The van der Waals surface area contributed by atoms with Crippen molar-refractivity contribution >= 4 is 35.4 Å². The van der Waals surface area contributed by atoms with Gasteiger partial charge in [0.1, 0.15) is 30.2 Å². The van der Waals surface area contributed by atoms with Crippen LogP contribution >= 0.6 is 0 Å². The third kappa shape index (κ3) is 12.7. The Kier molecular flexibility index (Phi) is 16.9. The molecule has 2 aliphatic heterocycles. The smallest absolute Gasteiger partial charge is 0.246 e. The molecule has 0 bridgehead atoms. The number of nitrogens with one attached hydrogen (secondary N) is 6. The Hall–Kier alpha value is -6.46. The standard InChI is InChI=1S/C56H76N10O7/c1-32(57-10)48(67)61-46(55(4,5)6)53(71)65-30-39-27-37(24-25-38(39)28-44(65)50(69)59-42-23-17-21-36-20-15-16-22-41(36)42)40-29-45(66(31-40)54(72)47(56(7,8)9)62-49(68)33(2)58-11)51(70)60-43(52-64-63-34(3)73-52)26-35-18-13-12-14-19-35/h12-16,18-20,22,24-25,27,32-33,40,42-47,57-58H,17,21,23,26,28-31H2,1-11H3,(H,59,69)(H,60,70)(H,61,67)(H,62,68)/t32-,33-,40?,42?,43?,44?,45?,46?,47?/m0/s1. The maximum atomic E-state index is 15.1. The van der Waals surface area contributed by atoms with Crippen molar-refractivity contribution in [3.63, 3.8) is 0 Å². The normalized spacial score (nSPS) is 20.9. The zero-order valence-corrected chi connectivity index (χ0v) is 44.4. The van der Waals surface area contributed by atoms with Gasteiger partial charge in [-0.15, -0.1) is 10.2 Å². The number of aryl methyl sites for hydroxylation is 2. The quantitative estimate of drug-likeness (QED) is 0.0888. The minimum absolute atomic E-state index is 0.0806. The SMILES string of the molecule is CN[C@@H](C)C(=O)NC(C(=O)N1CC(c2ccc3c(c2)CN(C(=O)C(NC(=O)[C@H](C)NC)C(C)(C)C)C(C(=O)NC2CCCc4ccccc42)C3)CC1C(=O)NC(Cc1ccccc1)c1nnc(C)o1)C(C)(C)C. The van der Waals surface area contributed by atoms with E-state index in [2.05, 4.69) is 54.2 Å². The fourth-order valence-electron chi connectivity index (χ4n) is 10.3. The molecule has 73 heavy (non-hydrogen) atoms. The molecule has 6 amide bonds. The fourth-order valence-corrected chi connectivity index (χ4v) is 10.3. The van der Waals surface area contributed by atoms with Crippen LogP contribution in [-0.2, 0) is 54.6 Å². The highest BCUT2D eigenvalue weighted by Gasteiger charge is 2.47. The average Bonchev–Trinajstić information content (AvgIpc) is 4.02. The van der Waals surface area contributed by atoms with Gasteiger partial charge >= 0.3 is 0 Å². The van der Waals surface area contributed by atoms with Gasteiger partial charge in [-0.1, -0.05) is 114 Å². The van der Waals surface area contributed by atoms with E-state index in [1.165, 1.54) is 5.56 Å². The first-order valence-corrected chi connectivity index (χ1v) is 25.8. The Balaban J connectivity index is 1.24. The number of nitrogens with zero attached hydrogens (tertiary/aromatic N) is 4. The van der Waals surface area contributed by atoms with Crippen LogP contribution in [-0.4, -0.2) is 112 Å². The lowest BCUT2D eigenvalue weighted by atomic mass is 9.83. The number of hydrogen-bond donors (Lipinski definition) is 6. The summed E-state index contributed by atoms with van der Waals surface area (Å²) in [6, 6.07) is 17.9. The number of fused-ring (bicyclic) bond motifs is 2. The highest BCUT2D eigenvalue weighted by Crippen LogP contribution is 2.38. The van der Waals surface area contributed by atoms with Gasteiger partial charge in [0.25, 0.3) is 0 Å². The second-order valence-corrected chi connectivity index (χ2v) is 22.4. The second kappa shape index (κ2) is 22.8. The van der Waals surface area contributed by atoms with Crippen molar-refractivity contribution in [2.24, 2.45) is 10.8 Å². The predicted octanol–water partition coefficient (Wildman–Crippen LogP) is 4.89. The molecule has 3 heterocycles. The van der Waals surface area contributed by atoms with E-state index in [9.17, 15) is 19.2 Å². The van der Waals surface area contributed by atoms with Crippen molar-refractivity contribution in [1.29, 1.82) is 0 Å². The number of carbonyl (C=O) groups is 6. The monoisotopic (exact) mass is 1000 g/mol. The van der Waals surface area contributed by atoms with Crippen molar-refractivity contribution in [3.8, 4) is 0 Å². The van der Waals surface area contributed by atoms with Gasteiger partial charge in [-0.3, -0.25) is 28.8 Å². The molecule has 0 radical (unpaired) electrons. The molecular weight excluding hydrogens is 925 g/mol. The molecule has 0 saturated carbocycles. The van der Waals surface area contributed by atoms with E-state index in [0.29, 0.717) is 12.3 Å². The second-order valence-electron chi connectivity index (χ2n) is 22.4. The van der Waals surface area contributed by atoms with Crippen LogP contribution in [0.15, 0.2) is 77.2 Å². The van der Waals surface area contributed by atoms with Gasteiger partial charge in [0.2, 0.25) is 47.2 Å². The zero-order chi connectivity index (χ0) is 52.9. The molecule has 6 N–H and O–H groups in total. The molecule has 7 rings (SSSR count). The number of carbonyl (C=O) groups excluding carboxylic acids is 6. The summed E-state index contributed by atoms with van der Waals surface area (Å²) >= 11 is 0. The van der Waals surface area contributed by atoms with Crippen LogP contribution in [0.1, 0.15) is 138 Å². The molecule has 17 heteroatoms. The summed E-state index contributed by atoms with van der Waals surface area (Å²) in [6.45, 7) is 16.7. The summed E-state index contributed by atoms with van der Waals surface area (Å²) in [5.74, 6) is -1.91. The summed E-state index contributed by atoms with van der Waals surface area (Å²) < 4.78 is 5.88. The average molecular weight is 1000 g/mol. The largest absolute Gasteiger partial charge is 0.423 e. The maximum absolute atomic E-state index is 15.1. The Morgan fingerprint density at radius 3 is 1.93 bits per heavy atom. The van der Waals surface area contributed by atoms with Gasteiger partial charge in [-0.25, -0.2) is 0 Å². The first-order chi connectivity index (χ1) is 34.6. The van der Waals surface area contributed by atoms with Crippen LogP contribution < -0.4 is 31.9 Å². The summed E-state index contributed by atoms with van der Waals surface area (Å²) in [7, 11) is 3.35. The highest BCUT2D eigenvalue weighted by molar-refractivity contribution is 5.95. The Labute approximate surface area is 430 Å². The molecule has 4 aromatic rings. The number of likely N-dealkylation sites (N-methyl/N-ethyl adjacent to an activating group) is 2. The molecule has 0 spiro atoms. The van der Waals surface area contributed by atoms with Gasteiger partial charge in [0.15, 0.2) is 0 Å². The predicted molar refractivity (Wildman–Crippen MR) is 277 cm³/mol. The number of likely N-dealkylation sites (tertiary alicyclic amines) is 1. The minimum atomic E-state index is -0.982. The fraction of sp³-hybridized carbons (Fsp3) is 0.536. The van der Waals surface area contributed by atoms with Gasteiger partial charge in [-0.2, -0.15) is 0 Å². The Bertz CT molecular complexity index is 2640. The van der Waals surface area contributed by atoms with Crippen LogP contribution in [0.5, 0.6) is 0 Å². The lowest BCUT2D eigenvalue weighted by Gasteiger charge is -2.42. The van der Waals surface area contributed by atoms with E-state index in [1.807, 2.05) is 102 Å². The third-order valence-corrected chi connectivity index (χ3v) is 14.9. The molecule has 1 saturated heterocycles. The summed E-state index contributed by atoms with van der Waals surface area (Å²) in [5, 5.41) is 26.7. The highest BCUT2D eigenvalue weighted by atomic mass is 16.4. The molecule has 1 aliphatic carbocycles. The van der Waals surface area contributed by atoms with E-state index in [1.54, 1.807) is 44.7 Å². The zero-order valence-electron chi connectivity index (χ0n) is 44.4. The number of hydrogen-bond acceptors (Lipinski definition) is 11. The van der Waals surface area contributed by atoms with E-state index >= 15 is 9.59 Å². The number of aromatic nitrogens is 2. The van der Waals surface area contributed by atoms with Crippen molar-refractivity contribution in [2.45, 2.75) is 162 Å². The lowest BCUT2D eigenvalue weighted by molar-refractivity contribution is -0.147. The van der Waals surface area contributed by atoms with Crippen LogP contribution in [0, 0.1) is 17.8 Å². The molecule has 9 atom stereocenters. The summed E-state index contributed by atoms with van der Waals surface area (Å²) in [6.07, 6.45) is 3.45. The lowest BCUT2D eigenvalue weighted by Crippen LogP contribution is -2.62. The summed E-state index contributed by atoms with van der Waals surface area (Å²) in [5.41, 5.74) is 4.31. The van der Waals surface area contributed by atoms with E-state index in [4.69, 9.17) is 4.42 Å². The Morgan fingerprint density at radius 1 is 0.712 bits per heavy atom. The first-order valence-electron chi connectivity index (χ1n) is 25.8. The third-order valence-electron chi connectivity index (χ3n) is 14.9. The Morgan fingerprint density at radius 2 is 1.33 bits per heavy atom. The maximum Gasteiger partial charge on any atom is 0.246 e. The van der Waals surface area contributed by atoms with Crippen molar-refractivity contribution in [2.75, 3.05) is 20.6 Å². The van der Waals surface area contributed by atoms with Crippen molar-refractivity contribution in [1.82, 2.24) is 51.9 Å². The van der Waals surface area contributed by atoms with Crippen LogP contribution in [0.4, 0.5) is 0 Å². The topological polar surface area (TPSA) is 220 Å². The molecule has 1 aromatic heterocycles. The molecule has 17 nitrogen and oxygen atoms in total. The first kappa shape index (κ1) is 54.3. The molecule has 7 unspecified atom stereocenters. The minimum Gasteiger partial charge on any atom is -0.423 e. The van der Waals surface area contributed by atoms with Crippen LogP contribution in [0.25, 0.3) is 0 Å². The molecule has 392 valence electrons. The number of rotatable bonds is 16. The van der Waals surface area contributed by atoms with Gasteiger partial charge in [-0.05, 0) is 97.8 Å². The van der Waals surface area contributed by atoms with Crippen LogP contribution in [0.2, 0.25) is 0 Å². The van der Waals surface area contributed by atoms with E-state index in [0.717, 1.165) is 47.1 Å².